The number of para-hydroxylation sites is 1. The molecule has 0 saturated heterocycles. The molecule has 1 atom stereocenters. The van der Waals surface area contributed by atoms with Crippen LogP contribution in [0.5, 0.6) is 5.75 Å². The summed E-state index contributed by atoms with van der Waals surface area (Å²) in [5.74, 6) is 1.10. The van der Waals surface area contributed by atoms with Gasteiger partial charge in [0.1, 0.15) is 5.75 Å². The van der Waals surface area contributed by atoms with Gasteiger partial charge in [-0.25, -0.2) is 14.5 Å². The zero-order valence-corrected chi connectivity index (χ0v) is 14.4. The highest BCUT2D eigenvalue weighted by molar-refractivity contribution is 5.39. The summed E-state index contributed by atoms with van der Waals surface area (Å²) in [7, 11) is 0. The molecule has 0 saturated carbocycles. The first-order valence-electron chi connectivity index (χ1n) is 7.67. The van der Waals surface area contributed by atoms with Crippen molar-refractivity contribution in [3.8, 4) is 5.75 Å². The van der Waals surface area contributed by atoms with Gasteiger partial charge in [0, 0.05) is 11.5 Å². The minimum atomic E-state index is -0.407. The Morgan fingerprint density at radius 2 is 1.64 bits per heavy atom. The molecule has 0 amide bonds. The van der Waals surface area contributed by atoms with E-state index in [1.165, 1.54) is 0 Å². The van der Waals surface area contributed by atoms with Gasteiger partial charge in [-0.3, -0.25) is 0 Å². The molecule has 1 unspecified atom stereocenters. The van der Waals surface area contributed by atoms with E-state index in [2.05, 4.69) is 6.07 Å². The first kappa shape index (κ1) is 17.2. The van der Waals surface area contributed by atoms with Crippen LogP contribution in [0, 0.1) is 0 Å². The zero-order chi connectivity index (χ0) is 16.4. The monoisotopic (exact) mass is 309 g/mol. The van der Waals surface area contributed by atoms with Gasteiger partial charge in [0.05, 0.1) is 29.8 Å². The number of hydrogen-bond acceptors (Lipinski definition) is 5. The lowest BCUT2D eigenvalue weighted by Gasteiger charge is -2.32. The standard InChI is InChI=1S/C17H27NO4/c1-16(2,3)21-18(22-17(4,5)6)20-12-13-11-19-15-10-8-7-9-14(13)15/h7-10,13H,11-12H2,1-6H3. The van der Waals surface area contributed by atoms with Gasteiger partial charge in [0.2, 0.25) is 0 Å². The molecule has 0 spiro atoms. The first-order valence-corrected chi connectivity index (χ1v) is 7.67. The Morgan fingerprint density at radius 3 is 2.23 bits per heavy atom. The van der Waals surface area contributed by atoms with Crippen molar-refractivity contribution in [1.82, 2.24) is 5.39 Å². The van der Waals surface area contributed by atoms with Crippen LogP contribution in [0.4, 0.5) is 0 Å². The van der Waals surface area contributed by atoms with Crippen molar-refractivity contribution >= 4 is 0 Å². The maximum atomic E-state index is 5.74. The van der Waals surface area contributed by atoms with Crippen LogP contribution in [-0.4, -0.2) is 29.8 Å². The number of benzene rings is 1. The van der Waals surface area contributed by atoms with Crippen molar-refractivity contribution in [2.45, 2.75) is 58.7 Å². The summed E-state index contributed by atoms with van der Waals surface area (Å²) < 4.78 is 5.67. The van der Waals surface area contributed by atoms with Crippen molar-refractivity contribution in [1.29, 1.82) is 0 Å². The number of rotatable bonds is 5. The molecule has 1 aromatic carbocycles. The smallest absolute Gasteiger partial charge is 0.123 e. The van der Waals surface area contributed by atoms with Crippen LogP contribution in [0.3, 0.4) is 0 Å². The Morgan fingerprint density at radius 1 is 1.05 bits per heavy atom. The largest absolute Gasteiger partial charge is 0.493 e. The number of hydrogen-bond donors (Lipinski definition) is 0. The lowest BCUT2D eigenvalue weighted by atomic mass is 10.0. The summed E-state index contributed by atoms with van der Waals surface area (Å²) in [6.07, 6.45) is 0. The van der Waals surface area contributed by atoms with Crippen LogP contribution in [0.25, 0.3) is 0 Å². The third-order valence-electron chi connectivity index (χ3n) is 2.88. The minimum Gasteiger partial charge on any atom is -0.493 e. The van der Waals surface area contributed by atoms with Crippen LogP contribution in [-0.2, 0) is 14.5 Å². The summed E-state index contributed by atoms with van der Waals surface area (Å²) in [4.78, 5) is 17.2. The second-order valence-corrected chi connectivity index (χ2v) is 7.47. The van der Waals surface area contributed by atoms with Crippen molar-refractivity contribution in [2.24, 2.45) is 0 Å². The van der Waals surface area contributed by atoms with Crippen LogP contribution in [0.1, 0.15) is 53.0 Å². The second-order valence-electron chi connectivity index (χ2n) is 7.47. The molecule has 0 N–H and O–H groups in total. The minimum absolute atomic E-state index is 0.172. The third-order valence-corrected chi connectivity index (χ3v) is 2.88. The van der Waals surface area contributed by atoms with E-state index < -0.39 is 11.2 Å². The Hall–Kier alpha value is -1.14. The van der Waals surface area contributed by atoms with Crippen molar-refractivity contribution in [3.05, 3.63) is 29.8 Å². The van der Waals surface area contributed by atoms with Crippen molar-refractivity contribution < 1.29 is 19.2 Å². The van der Waals surface area contributed by atoms with Crippen molar-refractivity contribution in [3.63, 3.8) is 0 Å². The summed E-state index contributed by atoms with van der Waals surface area (Å²) in [5, 5.41) is 1.14. The molecule has 1 aliphatic rings. The van der Waals surface area contributed by atoms with Gasteiger partial charge in [-0.1, -0.05) is 18.2 Å². The van der Waals surface area contributed by atoms with Gasteiger partial charge in [-0.2, -0.15) is 0 Å². The maximum absolute atomic E-state index is 5.74. The Bertz CT molecular complexity index is 474. The lowest BCUT2D eigenvalue weighted by molar-refractivity contribution is -0.564. The van der Waals surface area contributed by atoms with E-state index in [0.717, 1.165) is 16.7 Å². The number of ether oxygens (including phenoxy) is 1. The molecule has 2 rings (SSSR count). The molecule has 0 fully saturated rings. The summed E-state index contributed by atoms with van der Waals surface area (Å²) in [6, 6.07) is 8.02. The molecular weight excluding hydrogens is 282 g/mol. The highest BCUT2D eigenvalue weighted by Crippen LogP contribution is 2.33. The summed E-state index contributed by atoms with van der Waals surface area (Å²) in [5.41, 5.74) is 0.346. The van der Waals surface area contributed by atoms with Gasteiger partial charge in [0.25, 0.3) is 0 Å². The molecule has 1 aliphatic heterocycles. The molecule has 5 nitrogen and oxygen atoms in total. The average molecular weight is 309 g/mol. The van der Waals surface area contributed by atoms with E-state index in [4.69, 9.17) is 19.2 Å². The quantitative estimate of drug-likeness (QED) is 0.773. The van der Waals surface area contributed by atoms with Crippen LogP contribution in [0.2, 0.25) is 0 Å². The summed E-state index contributed by atoms with van der Waals surface area (Å²) >= 11 is 0. The zero-order valence-electron chi connectivity index (χ0n) is 14.4. The molecule has 1 aromatic rings. The molecule has 0 aromatic heterocycles. The SMILES string of the molecule is CC(C)(C)ON(OCC1COc2ccccc21)OC(C)(C)C. The highest BCUT2D eigenvalue weighted by atomic mass is 17.2. The molecule has 5 heteroatoms. The van der Waals surface area contributed by atoms with Crippen LogP contribution in [0.15, 0.2) is 24.3 Å². The lowest BCUT2D eigenvalue weighted by Crippen LogP contribution is -2.40. The molecule has 0 radical (unpaired) electrons. The van der Waals surface area contributed by atoms with E-state index >= 15 is 0 Å². The average Bonchev–Trinajstić information content (AvgIpc) is 2.75. The van der Waals surface area contributed by atoms with Gasteiger partial charge in [-0.15, -0.1) is 0 Å². The topological polar surface area (TPSA) is 40.2 Å². The van der Waals surface area contributed by atoms with E-state index in [9.17, 15) is 0 Å². The summed E-state index contributed by atoms with van der Waals surface area (Å²) in [6.45, 7) is 12.7. The highest BCUT2D eigenvalue weighted by Gasteiger charge is 2.28. The first-order chi connectivity index (χ1) is 10.1. The predicted molar refractivity (Wildman–Crippen MR) is 84.1 cm³/mol. The third kappa shape index (κ3) is 5.25. The Labute approximate surface area is 133 Å². The predicted octanol–water partition coefficient (Wildman–Crippen LogP) is 3.86. The van der Waals surface area contributed by atoms with E-state index in [0.29, 0.717) is 13.2 Å². The molecule has 0 bridgehead atoms. The van der Waals surface area contributed by atoms with Crippen molar-refractivity contribution in [2.75, 3.05) is 13.2 Å². The normalized spacial score (nSPS) is 18.4. The number of fused-ring (bicyclic) bond motifs is 1. The van der Waals surface area contributed by atoms with Gasteiger partial charge < -0.3 is 4.74 Å². The Balaban J connectivity index is 1.96. The van der Waals surface area contributed by atoms with Gasteiger partial charge in [0.15, 0.2) is 0 Å². The van der Waals surface area contributed by atoms with Gasteiger partial charge >= 0.3 is 0 Å². The van der Waals surface area contributed by atoms with E-state index in [1.807, 2.05) is 59.7 Å². The Kier molecular flexibility index (Phi) is 5.12. The van der Waals surface area contributed by atoms with Crippen LogP contribution >= 0.6 is 0 Å². The second kappa shape index (κ2) is 6.54. The fraction of sp³-hybridized carbons (Fsp3) is 0.647. The molecule has 22 heavy (non-hydrogen) atoms. The fourth-order valence-electron chi connectivity index (χ4n) is 2.04. The number of nitrogens with zero attached hydrogens (tertiary/aromatic N) is 1. The molecule has 0 aliphatic carbocycles. The van der Waals surface area contributed by atoms with Gasteiger partial charge in [-0.05, 0) is 47.6 Å². The molecule has 124 valence electrons. The van der Waals surface area contributed by atoms with Crippen LogP contribution < -0.4 is 4.74 Å². The van der Waals surface area contributed by atoms with E-state index in [1.54, 1.807) is 0 Å². The molecule has 1 heterocycles. The maximum Gasteiger partial charge on any atom is 0.123 e. The van der Waals surface area contributed by atoms with E-state index in [-0.39, 0.29) is 5.92 Å². The molecular formula is C17H27NO4. The fourth-order valence-corrected chi connectivity index (χ4v) is 2.04.